The molecule has 1 saturated heterocycles. The predicted octanol–water partition coefficient (Wildman–Crippen LogP) is 3.68. The summed E-state index contributed by atoms with van der Waals surface area (Å²) in [6, 6.07) is 9.00. The van der Waals surface area contributed by atoms with Crippen LogP contribution >= 0.6 is 15.9 Å². The molecule has 0 unspecified atom stereocenters. The molecule has 0 atom stereocenters. The summed E-state index contributed by atoms with van der Waals surface area (Å²) >= 11 is 3.59. The van der Waals surface area contributed by atoms with Crippen LogP contribution in [0.1, 0.15) is 52.0 Å². The van der Waals surface area contributed by atoms with Gasteiger partial charge in [-0.15, -0.1) is 0 Å². The number of hydrogen-bond donors (Lipinski definition) is 2. The van der Waals surface area contributed by atoms with Gasteiger partial charge in [0, 0.05) is 41.5 Å². The van der Waals surface area contributed by atoms with Gasteiger partial charge in [0.1, 0.15) is 0 Å². The second-order valence-corrected chi connectivity index (χ2v) is 9.30. The molecule has 1 heterocycles. The molecular weight excluding hydrogens is 416 g/mol. The van der Waals surface area contributed by atoms with E-state index in [0.717, 1.165) is 49.5 Å². The lowest BCUT2D eigenvalue weighted by molar-refractivity contribution is -0.135. The van der Waals surface area contributed by atoms with Crippen molar-refractivity contribution >= 4 is 27.8 Å². The minimum Gasteiger partial charge on any atom is -0.357 e. The average molecular weight is 449 g/mol. The van der Waals surface area contributed by atoms with Crippen molar-refractivity contribution < 1.29 is 4.79 Å². The van der Waals surface area contributed by atoms with Crippen LogP contribution in [0.5, 0.6) is 0 Å². The number of hydrogen-bond acceptors (Lipinski definition) is 2. The topological polar surface area (TPSA) is 56.7 Å². The molecule has 154 valence electrons. The van der Waals surface area contributed by atoms with Crippen LogP contribution < -0.4 is 10.6 Å². The smallest absolute Gasteiger partial charge is 0.225 e. The van der Waals surface area contributed by atoms with Gasteiger partial charge in [0.2, 0.25) is 5.91 Å². The average Bonchev–Trinajstić information content (AvgIpc) is 3.47. The molecule has 2 aliphatic rings. The highest BCUT2D eigenvalue weighted by Crippen LogP contribution is 2.48. The van der Waals surface area contributed by atoms with E-state index in [2.05, 4.69) is 57.8 Å². The standard InChI is InChI=1S/C22H33BrN4O/c1-4-24-21(26-19-8-12-27(13-9-19)20(28)16(2)3)25-15-22(10-11-22)17-6-5-7-18(23)14-17/h5-7,14,16,19H,4,8-13,15H2,1-3H3,(H2,24,25,26). The van der Waals surface area contributed by atoms with Crippen molar-refractivity contribution in [2.24, 2.45) is 10.9 Å². The Labute approximate surface area is 177 Å². The molecule has 2 N–H and O–H groups in total. The third-order valence-electron chi connectivity index (χ3n) is 5.82. The third kappa shape index (κ3) is 5.28. The first-order valence-electron chi connectivity index (χ1n) is 10.5. The Bertz CT molecular complexity index is 706. The number of guanidine groups is 1. The van der Waals surface area contributed by atoms with E-state index in [1.54, 1.807) is 0 Å². The van der Waals surface area contributed by atoms with Crippen molar-refractivity contribution in [2.75, 3.05) is 26.2 Å². The zero-order chi connectivity index (χ0) is 20.1. The number of nitrogens with one attached hydrogen (secondary N) is 2. The van der Waals surface area contributed by atoms with Crippen LogP contribution in [0.2, 0.25) is 0 Å². The summed E-state index contributed by atoms with van der Waals surface area (Å²) < 4.78 is 1.13. The number of rotatable bonds is 6. The maximum atomic E-state index is 12.2. The van der Waals surface area contributed by atoms with Gasteiger partial charge < -0.3 is 15.5 Å². The zero-order valence-corrected chi connectivity index (χ0v) is 18.9. The van der Waals surface area contributed by atoms with Gasteiger partial charge in [-0.05, 0) is 50.3 Å². The fraction of sp³-hybridized carbons (Fsp3) is 0.636. The number of piperidine rings is 1. The van der Waals surface area contributed by atoms with E-state index >= 15 is 0 Å². The van der Waals surface area contributed by atoms with E-state index < -0.39 is 0 Å². The van der Waals surface area contributed by atoms with E-state index in [1.165, 1.54) is 18.4 Å². The Morgan fingerprint density at radius 3 is 2.61 bits per heavy atom. The maximum absolute atomic E-state index is 12.2. The Kier molecular flexibility index (Phi) is 7.02. The summed E-state index contributed by atoms with van der Waals surface area (Å²) in [5, 5.41) is 6.99. The fourth-order valence-corrected chi connectivity index (χ4v) is 4.26. The Hall–Kier alpha value is -1.56. The highest BCUT2D eigenvalue weighted by atomic mass is 79.9. The lowest BCUT2D eigenvalue weighted by Crippen LogP contribution is -2.50. The molecule has 1 aliphatic carbocycles. The van der Waals surface area contributed by atoms with E-state index in [9.17, 15) is 4.79 Å². The van der Waals surface area contributed by atoms with Crippen molar-refractivity contribution in [3.05, 3.63) is 34.3 Å². The largest absolute Gasteiger partial charge is 0.357 e. The second kappa shape index (κ2) is 9.29. The van der Waals surface area contributed by atoms with Gasteiger partial charge in [-0.3, -0.25) is 9.79 Å². The summed E-state index contributed by atoms with van der Waals surface area (Å²) in [6.45, 7) is 9.36. The zero-order valence-electron chi connectivity index (χ0n) is 17.3. The molecule has 0 aromatic heterocycles. The first-order chi connectivity index (χ1) is 13.4. The van der Waals surface area contributed by atoms with Crippen molar-refractivity contribution in [3.8, 4) is 0 Å². The van der Waals surface area contributed by atoms with Gasteiger partial charge in [-0.2, -0.15) is 0 Å². The van der Waals surface area contributed by atoms with Gasteiger partial charge in [-0.25, -0.2) is 0 Å². The molecule has 3 rings (SSSR count). The molecule has 6 heteroatoms. The maximum Gasteiger partial charge on any atom is 0.225 e. The minimum atomic E-state index is 0.0798. The fourth-order valence-electron chi connectivity index (χ4n) is 3.86. The first-order valence-corrected chi connectivity index (χ1v) is 11.3. The molecule has 1 saturated carbocycles. The molecule has 1 amide bonds. The Morgan fingerprint density at radius 1 is 1.32 bits per heavy atom. The number of aliphatic imine (C=N–C) groups is 1. The van der Waals surface area contributed by atoms with Crippen LogP contribution in [0, 0.1) is 5.92 Å². The molecule has 28 heavy (non-hydrogen) atoms. The summed E-state index contributed by atoms with van der Waals surface area (Å²) in [5.74, 6) is 1.25. The number of benzene rings is 1. The molecule has 2 fully saturated rings. The predicted molar refractivity (Wildman–Crippen MR) is 119 cm³/mol. The van der Waals surface area contributed by atoms with Gasteiger partial charge in [0.05, 0.1) is 6.54 Å². The third-order valence-corrected chi connectivity index (χ3v) is 6.31. The number of carbonyl (C=O) groups excluding carboxylic acids is 1. The van der Waals surface area contributed by atoms with E-state index in [4.69, 9.17) is 4.99 Å². The molecule has 0 spiro atoms. The summed E-state index contributed by atoms with van der Waals surface area (Å²) in [7, 11) is 0. The summed E-state index contributed by atoms with van der Waals surface area (Å²) in [4.78, 5) is 19.1. The lowest BCUT2D eigenvalue weighted by atomic mass is 9.96. The van der Waals surface area contributed by atoms with Gasteiger partial charge >= 0.3 is 0 Å². The van der Waals surface area contributed by atoms with Crippen molar-refractivity contribution in [1.82, 2.24) is 15.5 Å². The number of likely N-dealkylation sites (tertiary alicyclic amines) is 1. The number of carbonyl (C=O) groups is 1. The van der Waals surface area contributed by atoms with Crippen LogP contribution in [-0.4, -0.2) is 49.0 Å². The number of nitrogens with zero attached hydrogens (tertiary/aromatic N) is 2. The molecule has 5 nitrogen and oxygen atoms in total. The molecule has 1 aromatic rings. The van der Waals surface area contributed by atoms with Crippen molar-refractivity contribution in [2.45, 2.75) is 57.9 Å². The molecular formula is C22H33BrN4O. The lowest BCUT2D eigenvalue weighted by Gasteiger charge is -2.34. The molecule has 0 bridgehead atoms. The van der Waals surface area contributed by atoms with Gasteiger partial charge in [-0.1, -0.05) is 41.9 Å². The van der Waals surface area contributed by atoms with Gasteiger partial charge in [0.25, 0.3) is 0 Å². The number of amides is 1. The van der Waals surface area contributed by atoms with Crippen molar-refractivity contribution in [3.63, 3.8) is 0 Å². The second-order valence-electron chi connectivity index (χ2n) is 8.38. The van der Waals surface area contributed by atoms with Crippen LogP contribution in [0.25, 0.3) is 0 Å². The van der Waals surface area contributed by atoms with E-state index in [1.807, 2.05) is 18.7 Å². The summed E-state index contributed by atoms with van der Waals surface area (Å²) in [5.41, 5.74) is 1.57. The monoisotopic (exact) mass is 448 g/mol. The first kappa shape index (κ1) is 21.2. The molecule has 0 radical (unpaired) electrons. The normalized spacial score (nSPS) is 19.6. The quantitative estimate of drug-likeness (QED) is 0.515. The Morgan fingerprint density at radius 2 is 2.04 bits per heavy atom. The highest BCUT2D eigenvalue weighted by molar-refractivity contribution is 9.10. The molecule has 1 aromatic carbocycles. The van der Waals surface area contributed by atoms with E-state index in [-0.39, 0.29) is 17.2 Å². The van der Waals surface area contributed by atoms with Crippen LogP contribution in [0.4, 0.5) is 0 Å². The van der Waals surface area contributed by atoms with Gasteiger partial charge in [0.15, 0.2) is 5.96 Å². The minimum absolute atomic E-state index is 0.0798. The van der Waals surface area contributed by atoms with Crippen molar-refractivity contribution in [1.29, 1.82) is 0 Å². The molecule has 1 aliphatic heterocycles. The van der Waals surface area contributed by atoms with Crippen LogP contribution in [0.3, 0.4) is 0 Å². The number of halogens is 1. The SMILES string of the molecule is CCNC(=NCC1(c2cccc(Br)c2)CC1)NC1CCN(C(=O)C(C)C)CC1. The van der Waals surface area contributed by atoms with Crippen LogP contribution in [0.15, 0.2) is 33.7 Å². The highest BCUT2D eigenvalue weighted by Gasteiger charge is 2.44. The Balaban J connectivity index is 1.57. The van der Waals surface area contributed by atoms with E-state index in [0.29, 0.717) is 6.04 Å². The van der Waals surface area contributed by atoms with Crippen LogP contribution in [-0.2, 0) is 10.2 Å². The summed E-state index contributed by atoms with van der Waals surface area (Å²) in [6.07, 6.45) is 4.34.